The molecule has 0 amide bonds. The predicted molar refractivity (Wildman–Crippen MR) is 54.0 cm³/mol. The van der Waals surface area contributed by atoms with Crippen molar-refractivity contribution in [1.82, 2.24) is 0 Å². The Labute approximate surface area is 85.3 Å². The van der Waals surface area contributed by atoms with Crippen LogP contribution in [0, 0.1) is 0 Å². The van der Waals surface area contributed by atoms with Crippen molar-refractivity contribution < 1.29 is 13.7 Å². The van der Waals surface area contributed by atoms with Crippen LogP contribution in [0.5, 0.6) is 0 Å². The molecule has 0 N–H and O–H groups in total. The minimum absolute atomic E-state index is 0.202. The van der Waals surface area contributed by atoms with Crippen molar-refractivity contribution in [3.8, 4) is 0 Å². The Balaban J connectivity index is 2.00. The fraction of sp³-hybridized carbons (Fsp3) is 1.00. The van der Waals surface area contributed by atoms with Crippen molar-refractivity contribution in [2.75, 3.05) is 0 Å². The van der Waals surface area contributed by atoms with Gasteiger partial charge in [0.15, 0.2) is 0 Å². The lowest BCUT2D eigenvalue weighted by Gasteiger charge is -2.32. The van der Waals surface area contributed by atoms with Gasteiger partial charge in [0.2, 0.25) is 0 Å². The van der Waals surface area contributed by atoms with Crippen LogP contribution in [-0.4, -0.2) is 24.5 Å². The Hall–Kier alpha value is -0.0851. The maximum atomic E-state index is 12.7. The molecule has 0 spiro atoms. The van der Waals surface area contributed by atoms with Gasteiger partial charge in [-0.2, -0.15) is 0 Å². The molecule has 0 bridgehead atoms. The van der Waals surface area contributed by atoms with Gasteiger partial charge in [-0.25, -0.2) is 4.39 Å². The van der Waals surface area contributed by atoms with Gasteiger partial charge in [0.25, 0.3) is 0 Å². The first-order chi connectivity index (χ1) is 6.32. The number of hydrogen-bond acceptors (Lipinski definition) is 2. The molecular formula is C10H18BFO2. The van der Waals surface area contributed by atoms with Crippen molar-refractivity contribution in [2.45, 2.75) is 63.7 Å². The van der Waals surface area contributed by atoms with Crippen LogP contribution in [0.2, 0.25) is 5.82 Å². The van der Waals surface area contributed by atoms with Crippen LogP contribution in [0.3, 0.4) is 0 Å². The van der Waals surface area contributed by atoms with Crippen molar-refractivity contribution in [2.24, 2.45) is 0 Å². The van der Waals surface area contributed by atoms with Crippen LogP contribution < -0.4 is 0 Å². The summed E-state index contributed by atoms with van der Waals surface area (Å²) in [5.41, 5.74) is -0.557. The van der Waals surface area contributed by atoms with Gasteiger partial charge in [0.1, 0.15) is 0 Å². The molecule has 2 rings (SSSR count). The van der Waals surface area contributed by atoms with Gasteiger partial charge in [-0.05, 0) is 46.4 Å². The van der Waals surface area contributed by atoms with Gasteiger partial charge in [0, 0.05) is 0 Å². The molecule has 1 saturated carbocycles. The van der Waals surface area contributed by atoms with Gasteiger partial charge < -0.3 is 9.31 Å². The number of alkyl halides is 1. The second-order valence-corrected chi connectivity index (χ2v) is 5.45. The van der Waals surface area contributed by atoms with E-state index in [9.17, 15) is 4.39 Å². The van der Waals surface area contributed by atoms with E-state index in [0.717, 1.165) is 0 Å². The smallest absolute Gasteiger partial charge is 0.403 e. The first kappa shape index (κ1) is 10.4. The highest BCUT2D eigenvalue weighted by Gasteiger charge is 2.56. The van der Waals surface area contributed by atoms with Gasteiger partial charge in [-0.3, -0.25) is 0 Å². The minimum Gasteiger partial charge on any atom is -0.403 e. The van der Waals surface area contributed by atoms with Gasteiger partial charge in [-0.1, -0.05) is 0 Å². The zero-order valence-electron chi connectivity index (χ0n) is 9.34. The van der Waals surface area contributed by atoms with Crippen molar-refractivity contribution in [1.29, 1.82) is 0 Å². The summed E-state index contributed by atoms with van der Waals surface area (Å²) in [6.45, 7) is 8.11. The molecule has 0 atom stereocenters. The van der Waals surface area contributed by atoms with Gasteiger partial charge >= 0.3 is 7.12 Å². The lowest BCUT2D eigenvalue weighted by atomic mass is 9.59. The maximum Gasteiger partial charge on any atom is 0.461 e. The number of halogens is 1. The van der Waals surface area contributed by atoms with Crippen molar-refractivity contribution in [3.63, 3.8) is 0 Å². The van der Waals surface area contributed by atoms with Gasteiger partial charge in [0.05, 0.1) is 17.4 Å². The second-order valence-electron chi connectivity index (χ2n) is 5.45. The molecule has 2 nitrogen and oxygen atoms in total. The van der Waals surface area contributed by atoms with Crippen LogP contribution in [0.1, 0.15) is 40.5 Å². The minimum atomic E-state index is -0.640. The Bertz CT molecular complexity index is 220. The van der Waals surface area contributed by atoms with E-state index in [1.54, 1.807) is 0 Å². The Kier molecular flexibility index (Phi) is 2.20. The van der Waals surface area contributed by atoms with Gasteiger partial charge in [-0.15, -0.1) is 0 Å². The summed E-state index contributed by atoms with van der Waals surface area (Å²) in [4.78, 5) is 0. The van der Waals surface area contributed by atoms with Crippen LogP contribution in [0.4, 0.5) is 4.39 Å². The third-order valence-corrected chi connectivity index (χ3v) is 3.77. The molecule has 1 aliphatic carbocycles. The fourth-order valence-electron chi connectivity index (χ4n) is 1.89. The lowest BCUT2D eigenvalue weighted by molar-refractivity contribution is 0.00578. The maximum absolute atomic E-state index is 12.7. The molecule has 14 heavy (non-hydrogen) atoms. The molecule has 1 saturated heterocycles. The third-order valence-electron chi connectivity index (χ3n) is 3.77. The first-order valence-corrected chi connectivity index (χ1v) is 5.31. The van der Waals surface area contributed by atoms with E-state index in [-0.39, 0.29) is 24.1 Å². The highest BCUT2D eigenvalue weighted by molar-refractivity contribution is 6.47. The molecule has 0 aromatic rings. The second kappa shape index (κ2) is 2.95. The normalized spacial score (nSPS) is 39.6. The molecule has 0 aromatic heterocycles. The summed E-state index contributed by atoms with van der Waals surface area (Å²) in [7, 11) is -0.202. The molecule has 1 aliphatic heterocycles. The summed E-state index contributed by atoms with van der Waals surface area (Å²) in [5.74, 6) is 0.256. The van der Waals surface area contributed by atoms with Crippen molar-refractivity contribution in [3.05, 3.63) is 0 Å². The average Bonchev–Trinajstić information content (AvgIpc) is 2.15. The van der Waals surface area contributed by atoms with E-state index in [1.807, 2.05) is 27.7 Å². The fourth-order valence-corrected chi connectivity index (χ4v) is 1.89. The molecule has 0 radical (unpaired) electrons. The van der Waals surface area contributed by atoms with Crippen LogP contribution in [0.25, 0.3) is 0 Å². The first-order valence-electron chi connectivity index (χ1n) is 5.31. The summed E-state index contributed by atoms with van der Waals surface area (Å²) >= 11 is 0. The standard InChI is InChI=1S/C10H18BFO2/c1-9(2)10(3,4)14-11(13-9)7-5-8(12)6-7/h7-8H,5-6H2,1-4H3. The van der Waals surface area contributed by atoms with Crippen LogP contribution >= 0.6 is 0 Å². The largest absolute Gasteiger partial charge is 0.461 e. The highest BCUT2D eigenvalue weighted by atomic mass is 19.1. The summed E-state index contributed by atoms with van der Waals surface area (Å²) < 4.78 is 24.3. The summed E-state index contributed by atoms with van der Waals surface area (Å²) in [6, 6.07) is 0. The van der Waals surface area contributed by atoms with Crippen molar-refractivity contribution >= 4 is 7.12 Å². The zero-order valence-corrected chi connectivity index (χ0v) is 9.34. The van der Waals surface area contributed by atoms with E-state index < -0.39 is 6.17 Å². The van der Waals surface area contributed by atoms with Crippen LogP contribution in [0.15, 0.2) is 0 Å². The van der Waals surface area contributed by atoms with E-state index in [1.165, 1.54) is 0 Å². The Morgan fingerprint density at radius 3 is 1.86 bits per heavy atom. The van der Waals surface area contributed by atoms with E-state index >= 15 is 0 Å². The quantitative estimate of drug-likeness (QED) is 0.605. The molecule has 80 valence electrons. The Morgan fingerprint density at radius 2 is 1.50 bits per heavy atom. The highest BCUT2D eigenvalue weighted by Crippen LogP contribution is 2.46. The van der Waals surface area contributed by atoms with E-state index in [4.69, 9.17) is 9.31 Å². The SMILES string of the molecule is CC1(C)OB(C2CC(F)C2)OC1(C)C. The molecule has 2 aliphatic rings. The molecule has 2 fully saturated rings. The lowest BCUT2D eigenvalue weighted by Crippen LogP contribution is -2.41. The topological polar surface area (TPSA) is 18.5 Å². The monoisotopic (exact) mass is 200 g/mol. The predicted octanol–water partition coefficient (Wildman–Crippen LogP) is 2.58. The molecule has 0 unspecified atom stereocenters. The number of hydrogen-bond donors (Lipinski definition) is 0. The molecular weight excluding hydrogens is 182 g/mol. The summed E-state index contributed by atoms with van der Waals surface area (Å²) in [6.07, 6.45) is 0.548. The average molecular weight is 200 g/mol. The van der Waals surface area contributed by atoms with Crippen LogP contribution in [-0.2, 0) is 9.31 Å². The molecule has 4 heteroatoms. The number of rotatable bonds is 1. The Morgan fingerprint density at radius 1 is 1.07 bits per heavy atom. The molecule has 1 heterocycles. The third kappa shape index (κ3) is 1.49. The van der Waals surface area contributed by atoms with E-state index in [2.05, 4.69) is 0 Å². The van der Waals surface area contributed by atoms with E-state index in [0.29, 0.717) is 12.8 Å². The molecule has 0 aromatic carbocycles. The zero-order chi connectivity index (χ0) is 10.6. The summed E-state index contributed by atoms with van der Waals surface area (Å²) in [5, 5.41) is 0.